The van der Waals surface area contributed by atoms with Crippen molar-refractivity contribution in [1.82, 2.24) is 4.90 Å². The van der Waals surface area contributed by atoms with Crippen LogP contribution < -0.4 is 0 Å². The molecular weight excluding hydrogens is 198 g/mol. The summed E-state index contributed by atoms with van der Waals surface area (Å²) < 4.78 is 30.4. The Hall–Kier alpha value is -0.660. The van der Waals surface area contributed by atoms with Gasteiger partial charge in [-0.25, -0.2) is 8.37 Å². The molecule has 1 unspecified atom stereocenters. The number of hydrogen-bond donors (Lipinski definition) is 0. The van der Waals surface area contributed by atoms with E-state index >= 15 is 0 Å². The third-order valence-corrected chi connectivity index (χ3v) is 2.60. The fourth-order valence-corrected chi connectivity index (χ4v) is 2.02. The molecule has 1 fully saturated rings. The molecule has 0 aromatic heterocycles. The Balaban J connectivity index is 2.87. The summed E-state index contributed by atoms with van der Waals surface area (Å²) in [5, 5.41) is 0. The Bertz CT molecular complexity index is 322. The summed E-state index contributed by atoms with van der Waals surface area (Å²) in [6.07, 6.45) is 0. The second-order valence-electron chi connectivity index (χ2n) is 3.18. The van der Waals surface area contributed by atoms with E-state index in [1.807, 2.05) is 0 Å². The van der Waals surface area contributed by atoms with Gasteiger partial charge in [-0.3, -0.25) is 4.79 Å². The lowest BCUT2D eigenvalue weighted by Crippen LogP contribution is -2.45. The van der Waals surface area contributed by atoms with Crippen LogP contribution in [0.15, 0.2) is 0 Å². The molecule has 0 radical (unpaired) electrons. The molecule has 0 saturated carbocycles. The first kappa shape index (κ1) is 10.4. The summed E-state index contributed by atoms with van der Waals surface area (Å²) >= 11 is 0. The normalized spacial score (nSPS) is 31.6. The van der Waals surface area contributed by atoms with E-state index in [2.05, 4.69) is 8.37 Å². The molecule has 1 saturated heterocycles. The summed E-state index contributed by atoms with van der Waals surface area (Å²) in [6, 6.07) is 0. The minimum absolute atomic E-state index is 0.271. The van der Waals surface area contributed by atoms with Crippen LogP contribution >= 0.6 is 0 Å². The van der Waals surface area contributed by atoms with Crippen LogP contribution in [0.3, 0.4) is 0 Å². The Kier molecular flexibility index (Phi) is 2.35. The maximum atomic E-state index is 11.4. The maximum absolute atomic E-state index is 11.4. The van der Waals surface area contributed by atoms with Crippen molar-refractivity contribution in [3.63, 3.8) is 0 Å². The average molecular weight is 209 g/mol. The zero-order valence-electron chi connectivity index (χ0n) is 7.60. The molecule has 1 aliphatic rings. The number of nitrogens with zero attached hydrogens (tertiary/aromatic N) is 1. The monoisotopic (exact) mass is 209 g/mol. The van der Waals surface area contributed by atoms with Gasteiger partial charge in [-0.05, 0) is 6.92 Å². The standard InChI is InChI=1S/C6H11NO5S/c1-6(5(8)7(2)3)4-11-13(9,10)12-6/h4H2,1-3H3. The van der Waals surface area contributed by atoms with Crippen molar-refractivity contribution in [1.29, 1.82) is 0 Å². The molecule has 1 atom stereocenters. The second kappa shape index (κ2) is 2.93. The second-order valence-corrected chi connectivity index (χ2v) is 4.40. The highest BCUT2D eigenvalue weighted by Gasteiger charge is 2.47. The molecule has 0 bridgehead atoms. The van der Waals surface area contributed by atoms with Gasteiger partial charge in [0.2, 0.25) is 0 Å². The highest BCUT2D eigenvalue weighted by atomic mass is 32.3. The van der Waals surface area contributed by atoms with Crippen molar-refractivity contribution < 1.29 is 21.6 Å². The molecule has 13 heavy (non-hydrogen) atoms. The van der Waals surface area contributed by atoms with Gasteiger partial charge < -0.3 is 4.90 Å². The summed E-state index contributed by atoms with van der Waals surface area (Å²) in [4.78, 5) is 12.7. The molecule has 0 N–H and O–H groups in total. The molecule has 1 heterocycles. The first-order valence-electron chi connectivity index (χ1n) is 3.59. The van der Waals surface area contributed by atoms with Crippen molar-refractivity contribution in [2.75, 3.05) is 20.7 Å². The van der Waals surface area contributed by atoms with Crippen LogP contribution in [-0.2, 0) is 23.6 Å². The number of amides is 1. The van der Waals surface area contributed by atoms with Crippen LogP contribution in [-0.4, -0.2) is 45.5 Å². The van der Waals surface area contributed by atoms with Crippen molar-refractivity contribution >= 4 is 16.3 Å². The van der Waals surface area contributed by atoms with E-state index < -0.39 is 21.9 Å². The highest BCUT2D eigenvalue weighted by molar-refractivity contribution is 7.82. The first-order valence-corrected chi connectivity index (χ1v) is 4.92. The largest absolute Gasteiger partial charge is 0.401 e. The molecule has 6 nitrogen and oxygen atoms in total. The fraction of sp³-hybridized carbons (Fsp3) is 0.833. The van der Waals surface area contributed by atoms with Gasteiger partial charge in [0.25, 0.3) is 5.91 Å². The molecule has 0 aromatic carbocycles. The van der Waals surface area contributed by atoms with Gasteiger partial charge in [0, 0.05) is 14.1 Å². The number of carbonyl (C=O) groups excluding carboxylic acids is 1. The Morgan fingerprint density at radius 3 is 2.31 bits per heavy atom. The molecule has 0 aromatic rings. The Morgan fingerprint density at radius 1 is 1.46 bits per heavy atom. The number of rotatable bonds is 1. The molecule has 1 rings (SSSR count). The van der Waals surface area contributed by atoms with Crippen molar-refractivity contribution in [3.05, 3.63) is 0 Å². The molecule has 7 heteroatoms. The highest BCUT2D eigenvalue weighted by Crippen LogP contribution is 2.25. The van der Waals surface area contributed by atoms with Gasteiger partial charge >= 0.3 is 10.4 Å². The maximum Gasteiger partial charge on any atom is 0.401 e. The van der Waals surface area contributed by atoms with Crippen LogP contribution in [0, 0.1) is 0 Å². The fourth-order valence-electron chi connectivity index (χ4n) is 1.03. The van der Waals surface area contributed by atoms with E-state index in [9.17, 15) is 13.2 Å². The zero-order valence-corrected chi connectivity index (χ0v) is 8.42. The molecule has 0 spiro atoms. The van der Waals surface area contributed by atoms with Crippen LogP contribution in [0.5, 0.6) is 0 Å². The van der Waals surface area contributed by atoms with E-state index in [1.165, 1.54) is 25.9 Å². The van der Waals surface area contributed by atoms with Crippen LogP contribution in [0.25, 0.3) is 0 Å². The summed E-state index contributed by atoms with van der Waals surface area (Å²) in [5.41, 5.74) is -1.41. The van der Waals surface area contributed by atoms with Gasteiger partial charge in [-0.15, -0.1) is 0 Å². The predicted molar refractivity (Wildman–Crippen MR) is 43.1 cm³/mol. The molecule has 0 aliphatic carbocycles. The lowest BCUT2D eigenvalue weighted by atomic mass is 10.1. The van der Waals surface area contributed by atoms with Crippen molar-refractivity contribution in [2.24, 2.45) is 0 Å². The van der Waals surface area contributed by atoms with E-state index in [1.54, 1.807) is 0 Å². The molecule has 76 valence electrons. The van der Waals surface area contributed by atoms with E-state index in [0.29, 0.717) is 0 Å². The van der Waals surface area contributed by atoms with E-state index in [4.69, 9.17) is 0 Å². The summed E-state index contributed by atoms with van der Waals surface area (Å²) in [7, 11) is -0.948. The minimum atomic E-state index is -3.98. The third kappa shape index (κ3) is 1.98. The van der Waals surface area contributed by atoms with E-state index in [-0.39, 0.29) is 6.61 Å². The van der Waals surface area contributed by atoms with Crippen molar-refractivity contribution in [3.8, 4) is 0 Å². The SMILES string of the molecule is CN(C)C(=O)C1(C)COS(=O)(=O)O1. The number of carbonyl (C=O) groups is 1. The number of hydrogen-bond acceptors (Lipinski definition) is 5. The van der Waals surface area contributed by atoms with Crippen LogP contribution in [0.4, 0.5) is 0 Å². The molecule has 1 amide bonds. The van der Waals surface area contributed by atoms with E-state index in [0.717, 1.165) is 0 Å². The van der Waals surface area contributed by atoms with Crippen LogP contribution in [0.2, 0.25) is 0 Å². The minimum Gasteiger partial charge on any atom is -0.346 e. The lowest BCUT2D eigenvalue weighted by molar-refractivity contribution is -0.142. The summed E-state index contributed by atoms with van der Waals surface area (Å²) in [6.45, 7) is 1.10. The van der Waals surface area contributed by atoms with Gasteiger partial charge in [-0.2, -0.15) is 8.42 Å². The predicted octanol–water partition coefficient (Wildman–Crippen LogP) is -0.875. The van der Waals surface area contributed by atoms with Gasteiger partial charge in [-0.1, -0.05) is 0 Å². The first-order chi connectivity index (χ1) is 5.77. The summed E-state index contributed by atoms with van der Waals surface area (Å²) in [5.74, 6) is -0.437. The Morgan fingerprint density at radius 2 is 2.00 bits per heavy atom. The quantitative estimate of drug-likeness (QED) is 0.561. The molecular formula is C6H11NO5S. The topological polar surface area (TPSA) is 72.9 Å². The zero-order chi connectivity index (χ0) is 10.3. The van der Waals surface area contributed by atoms with Crippen molar-refractivity contribution in [2.45, 2.75) is 12.5 Å². The van der Waals surface area contributed by atoms with Gasteiger partial charge in [0.1, 0.15) is 6.61 Å². The average Bonchev–Trinajstić information content (AvgIpc) is 2.25. The lowest BCUT2D eigenvalue weighted by Gasteiger charge is -2.21. The van der Waals surface area contributed by atoms with Gasteiger partial charge in [0.15, 0.2) is 5.60 Å². The third-order valence-electron chi connectivity index (χ3n) is 1.62. The number of likely N-dealkylation sites (N-methyl/N-ethyl adjacent to an activating group) is 1. The van der Waals surface area contributed by atoms with Crippen LogP contribution in [0.1, 0.15) is 6.92 Å². The van der Waals surface area contributed by atoms with Gasteiger partial charge in [0.05, 0.1) is 0 Å². The smallest absolute Gasteiger partial charge is 0.346 e. The Labute approximate surface area is 76.7 Å². The molecule has 1 aliphatic heterocycles.